The summed E-state index contributed by atoms with van der Waals surface area (Å²) in [5.41, 5.74) is 0. The van der Waals surface area contributed by atoms with Gasteiger partial charge in [-0.2, -0.15) is 0 Å². The lowest BCUT2D eigenvalue weighted by Gasteiger charge is -1.74. The zero-order valence-electron chi connectivity index (χ0n) is 6.17. The Hall–Kier alpha value is -2.73. The Labute approximate surface area is 74.9 Å². The average molecular weight is 217 g/mol. The third-order valence-electron chi connectivity index (χ3n) is 0. The van der Waals surface area contributed by atoms with Crippen molar-refractivity contribution in [3.63, 3.8) is 0 Å². The van der Waals surface area contributed by atoms with Gasteiger partial charge in [-0.1, -0.05) is 0 Å². The molecule has 0 fully saturated rings. The number of hydrogen-bond donors (Lipinski definition) is 1. The Kier molecular flexibility index (Phi) is 48.5. The first-order chi connectivity index (χ1) is 5.20. The van der Waals surface area contributed by atoms with E-state index in [0.29, 0.717) is 0 Å². The first kappa shape index (κ1) is 30.2. The summed E-state index contributed by atoms with van der Waals surface area (Å²) in [4.78, 5) is 24.8. The molecule has 0 rings (SSSR count). The van der Waals surface area contributed by atoms with Gasteiger partial charge in [0.15, 0.2) is 0 Å². The lowest BCUT2D eigenvalue weighted by molar-refractivity contribution is -0.403. The molecule has 0 aromatic heterocycles. The molecule has 0 aromatic rings. The van der Waals surface area contributed by atoms with Crippen molar-refractivity contribution in [3.05, 3.63) is 46.0 Å². The topological polar surface area (TPSA) is 264 Å². The van der Waals surface area contributed by atoms with E-state index in [1.807, 2.05) is 0 Å². The molecule has 0 heterocycles. The van der Waals surface area contributed by atoms with Crippen LogP contribution in [-0.2, 0) is 0 Å². The smallest absolute Gasteiger partial charge is 0.356 e. The summed E-state index contributed by atoms with van der Waals surface area (Å²) in [5, 5.41) is 44.2. The Morgan fingerprint density at radius 1 is 0.571 bits per heavy atom. The molecule has 3 N–H and O–H groups in total. The highest BCUT2D eigenvalue weighted by Gasteiger charge is 3.00. The minimum absolute atomic E-state index is 0. The van der Waals surface area contributed by atoms with E-state index in [9.17, 15) is 0 Å². The summed E-state index contributed by atoms with van der Waals surface area (Å²) < 4.78 is 0. The second-order valence-electron chi connectivity index (χ2n) is 0.671. The van der Waals surface area contributed by atoms with Gasteiger partial charge in [0.2, 0.25) is 0 Å². The molecule has 0 bridgehead atoms. The fourth-order valence-corrected chi connectivity index (χ4v) is 0. The summed E-state index contributed by atoms with van der Waals surface area (Å²) >= 11 is 0. The van der Waals surface area contributed by atoms with Gasteiger partial charge in [-0.25, -0.2) is 0 Å². The average Bonchev–Trinajstić information content (AvgIpc) is 1.54. The fraction of sp³-hybridized carbons (Fsp3) is 0. The fourth-order valence-electron chi connectivity index (χ4n) is 0. The molecule has 0 aliphatic carbocycles. The highest BCUT2D eigenvalue weighted by Crippen LogP contribution is 1.45. The zero-order chi connectivity index (χ0) is 10.7. The molecule has 0 spiro atoms. The van der Waals surface area contributed by atoms with Gasteiger partial charge < -0.3 is 52.1 Å². The molecule has 82 valence electrons. The van der Waals surface area contributed by atoms with Crippen molar-refractivity contribution >= 4 is 0 Å². The van der Waals surface area contributed by atoms with Crippen LogP contribution in [0.25, 0.3) is 0 Å². The van der Waals surface area contributed by atoms with Gasteiger partial charge in [-0.05, 0) is 0 Å². The Balaban J connectivity index is -0.0000000270. The van der Waals surface area contributed by atoms with E-state index in [0.717, 1.165) is 0 Å². The van der Waals surface area contributed by atoms with E-state index in [1.165, 1.54) is 0 Å². The van der Waals surface area contributed by atoms with E-state index in [4.69, 9.17) is 46.0 Å². The van der Waals surface area contributed by atoms with Crippen LogP contribution in [0.15, 0.2) is 0 Å². The number of hydrogen-bond acceptors (Lipinski definition) is 10. The third-order valence-corrected chi connectivity index (χ3v) is 0. The lowest BCUT2D eigenvalue weighted by Crippen LogP contribution is -1.74. The summed E-state index contributed by atoms with van der Waals surface area (Å²) in [6.45, 7) is 0. The lowest BCUT2D eigenvalue weighted by atomic mass is 13.1. The Morgan fingerprint density at radius 2 is 0.571 bits per heavy atom. The predicted molar refractivity (Wildman–Crippen MR) is 38.2 cm³/mol. The van der Waals surface area contributed by atoms with Crippen molar-refractivity contribution in [2.45, 2.75) is 0 Å². The first-order valence-electron chi connectivity index (χ1n) is 1.64. The predicted octanol–water partition coefficient (Wildman–Crippen LogP) is -1.04. The molecule has 2 radical (unpaired) electrons. The number of nitrogens with zero attached hydrogens (tertiary/aromatic N) is 4. The molecule has 0 unspecified atom stereocenters. The normalized spacial score (nSPS) is 5.14. The summed E-state index contributed by atoms with van der Waals surface area (Å²) in [6.07, 6.45) is 0. The minimum Gasteiger partial charge on any atom is -0.356 e. The van der Waals surface area contributed by atoms with E-state index < -0.39 is 15.3 Å². The van der Waals surface area contributed by atoms with Crippen LogP contribution >= 0.6 is 0 Å². The van der Waals surface area contributed by atoms with Crippen molar-refractivity contribution in [2.75, 3.05) is 0 Å². The van der Waals surface area contributed by atoms with Gasteiger partial charge in [0.1, 0.15) is 0 Å². The van der Waals surface area contributed by atoms with E-state index in [-0.39, 0.29) is 12.3 Å². The molecule has 0 aliphatic heterocycles. The maximum Gasteiger partial charge on any atom is 3.00 e. The van der Waals surface area contributed by atoms with Crippen LogP contribution in [0.4, 0.5) is 0 Å². The number of rotatable bonds is 0. The molecule has 0 aliphatic rings. The SMILES string of the molecule is N.O=[N+]([O-])[O-].O=[N+]([O-])[O-].O=[N+]([O-])[O-].[N+3]. The van der Waals surface area contributed by atoms with Gasteiger partial charge >= 0.3 is 6.15 Å². The van der Waals surface area contributed by atoms with Crippen molar-refractivity contribution in [1.82, 2.24) is 12.3 Å². The van der Waals surface area contributed by atoms with Crippen molar-refractivity contribution < 1.29 is 15.3 Å². The van der Waals surface area contributed by atoms with Crippen molar-refractivity contribution in [2.24, 2.45) is 0 Å². The molecule has 0 atom stereocenters. The maximum atomic E-state index is 8.25. The van der Waals surface area contributed by atoms with Gasteiger partial charge in [-0.3, -0.25) is 0 Å². The molecule has 14 heteroatoms. The minimum atomic E-state index is -1.75. The second kappa shape index (κ2) is 22.4. The highest BCUT2D eigenvalue weighted by atomic mass is 16.9. The molecule has 0 saturated carbocycles. The van der Waals surface area contributed by atoms with Crippen LogP contribution in [0.1, 0.15) is 0 Å². The molecule has 0 saturated heterocycles. The summed E-state index contributed by atoms with van der Waals surface area (Å²) in [5.74, 6) is 0. The quantitative estimate of drug-likeness (QED) is 0.379. The first-order valence-corrected chi connectivity index (χ1v) is 1.64. The molecule has 0 amide bonds. The van der Waals surface area contributed by atoms with Crippen LogP contribution in [0.5, 0.6) is 0 Å². The van der Waals surface area contributed by atoms with Crippen LogP contribution in [0.3, 0.4) is 0 Å². The van der Waals surface area contributed by atoms with E-state index >= 15 is 0 Å². The highest BCUT2D eigenvalue weighted by molar-refractivity contribution is 4.04. The monoisotopic (exact) mass is 217 g/mol. The van der Waals surface area contributed by atoms with Crippen molar-refractivity contribution in [1.29, 1.82) is 0 Å². The Bertz CT molecular complexity index is 111. The molecule has 14 nitrogen and oxygen atoms in total. The van der Waals surface area contributed by atoms with Crippen LogP contribution in [0.2, 0.25) is 0 Å². The summed E-state index contributed by atoms with van der Waals surface area (Å²) in [7, 11) is 0. The van der Waals surface area contributed by atoms with Crippen molar-refractivity contribution in [3.8, 4) is 0 Å². The van der Waals surface area contributed by atoms with Crippen LogP contribution in [0, 0.1) is 46.0 Å². The molecular weight excluding hydrogens is 214 g/mol. The van der Waals surface area contributed by atoms with Gasteiger partial charge in [0.05, 0.1) is 15.3 Å². The summed E-state index contributed by atoms with van der Waals surface area (Å²) in [6, 6.07) is 0. The largest absolute Gasteiger partial charge is 3.00 e. The zero-order valence-corrected chi connectivity index (χ0v) is 6.17. The Morgan fingerprint density at radius 3 is 0.571 bits per heavy atom. The van der Waals surface area contributed by atoms with Crippen LogP contribution < -0.4 is 12.3 Å². The molecular formula is H3N5O9. The van der Waals surface area contributed by atoms with Gasteiger partial charge in [-0.15, -0.1) is 0 Å². The second-order valence-corrected chi connectivity index (χ2v) is 0.671. The maximum absolute atomic E-state index is 8.25. The molecule has 14 heavy (non-hydrogen) atoms. The third kappa shape index (κ3) is 85.1. The van der Waals surface area contributed by atoms with Gasteiger partial charge in [0, 0.05) is 0 Å². The standard InChI is InChI=1S/3NO3.H3N.N/c3*2-1(3)4;;/h;;;1H3;/q3*-1;;+3. The van der Waals surface area contributed by atoms with E-state index in [2.05, 4.69) is 0 Å². The van der Waals surface area contributed by atoms with Gasteiger partial charge in [0.25, 0.3) is 0 Å². The van der Waals surface area contributed by atoms with E-state index in [1.54, 1.807) is 0 Å². The van der Waals surface area contributed by atoms with Crippen LogP contribution in [-0.4, -0.2) is 15.3 Å². The molecule has 0 aromatic carbocycles.